The van der Waals surface area contributed by atoms with E-state index in [2.05, 4.69) is 10.1 Å². The molecule has 0 spiro atoms. The van der Waals surface area contributed by atoms with E-state index in [0.29, 0.717) is 5.69 Å². The van der Waals surface area contributed by atoms with Crippen LogP contribution >= 0.6 is 0 Å². The predicted molar refractivity (Wildman–Crippen MR) is 69.8 cm³/mol. The fourth-order valence-corrected chi connectivity index (χ4v) is 1.89. The molecule has 0 aromatic carbocycles. The molecule has 3 rings (SSSR count). The van der Waals surface area contributed by atoms with Gasteiger partial charge in [-0.25, -0.2) is 14.5 Å². The number of nitrogens with zero attached hydrogens (tertiary/aromatic N) is 4. The van der Waals surface area contributed by atoms with E-state index in [1.807, 2.05) is 28.8 Å². The molecule has 7 heteroatoms. The topological polar surface area (TPSA) is 89.5 Å². The van der Waals surface area contributed by atoms with Crippen LogP contribution in [0.1, 0.15) is 16.2 Å². The maximum Gasteiger partial charge on any atom is 0.356 e. The number of carbonyl (C=O) groups is 1. The highest BCUT2D eigenvalue weighted by atomic mass is 16.4. The number of carboxylic acid groups (broad SMARTS) is 1. The van der Waals surface area contributed by atoms with Gasteiger partial charge in [-0.2, -0.15) is 5.10 Å². The third kappa shape index (κ3) is 2.16. The molecule has 3 heterocycles. The minimum absolute atomic E-state index is 0.127. The average Bonchev–Trinajstić information content (AvgIpc) is 2.83. The molecule has 3 aromatic heterocycles. The van der Waals surface area contributed by atoms with Crippen molar-refractivity contribution in [2.75, 3.05) is 0 Å². The Balaban J connectivity index is 2.00. The van der Waals surface area contributed by atoms with Crippen LogP contribution in [0, 0.1) is 0 Å². The van der Waals surface area contributed by atoms with Crippen molar-refractivity contribution in [2.24, 2.45) is 0 Å². The quantitative estimate of drug-likeness (QED) is 0.754. The summed E-state index contributed by atoms with van der Waals surface area (Å²) in [5.74, 6) is -1.17. The molecule has 0 aliphatic carbocycles. The van der Waals surface area contributed by atoms with Crippen LogP contribution in [0.25, 0.3) is 5.65 Å². The fourth-order valence-electron chi connectivity index (χ4n) is 1.89. The lowest BCUT2D eigenvalue weighted by atomic mass is 10.4. The van der Waals surface area contributed by atoms with Crippen LogP contribution in [0.2, 0.25) is 0 Å². The van der Waals surface area contributed by atoms with Gasteiger partial charge in [0.25, 0.3) is 5.56 Å². The Hall–Kier alpha value is -2.96. The lowest BCUT2D eigenvalue weighted by molar-refractivity contribution is 0.0687. The Bertz CT molecular complexity index is 817. The first-order chi connectivity index (χ1) is 9.63. The van der Waals surface area contributed by atoms with Crippen LogP contribution in [0.5, 0.6) is 0 Å². The molecule has 100 valence electrons. The highest BCUT2D eigenvalue weighted by Gasteiger charge is 2.09. The summed E-state index contributed by atoms with van der Waals surface area (Å²) in [5.41, 5.74) is 0.846. The van der Waals surface area contributed by atoms with E-state index >= 15 is 0 Å². The van der Waals surface area contributed by atoms with Gasteiger partial charge < -0.3 is 9.51 Å². The lowest BCUT2D eigenvalue weighted by Gasteiger charge is -2.02. The highest BCUT2D eigenvalue weighted by molar-refractivity contribution is 5.84. The van der Waals surface area contributed by atoms with Crippen molar-refractivity contribution in [2.45, 2.75) is 6.54 Å². The van der Waals surface area contributed by atoms with Gasteiger partial charge in [0.1, 0.15) is 5.65 Å². The van der Waals surface area contributed by atoms with Crippen molar-refractivity contribution in [1.29, 1.82) is 0 Å². The standard InChI is InChI=1S/C13H10N4O3/c18-12-5-4-10(13(19)20)15-17(12)8-9-7-16-6-2-1-3-11(16)14-9/h1-7H,8H2,(H,19,20). The Morgan fingerprint density at radius 2 is 2.10 bits per heavy atom. The zero-order valence-electron chi connectivity index (χ0n) is 10.3. The first kappa shape index (κ1) is 12.1. The number of imidazole rings is 1. The molecule has 0 saturated heterocycles. The number of aromatic carboxylic acids is 1. The predicted octanol–water partition coefficient (Wildman–Crippen LogP) is 0.637. The van der Waals surface area contributed by atoms with E-state index in [1.165, 1.54) is 12.1 Å². The molecular weight excluding hydrogens is 260 g/mol. The number of pyridine rings is 1. The molecular formula is C13H10N4O3. The van der Waals surface area contributed by atoms with Crippen molar-refractivity contribution in [3.8, 4) is 0 Å². The minimum Gasteiger partial charge on any atom is -0.476 e. The molecule has 0 aliphatic rings. The van der Waals surface area contributed by atoms with Gasteiger partial charge in [0.05, 0.1) is 12.2 Å². The molecule has 3 aromatic rings. The van der Waals surface area contributed by atoms with Gasteiger partial charge >= 0.3 is 5.97 Å². The molecule has 0 unspecified atom stereocenters. The number of carboxylic acids is 1. The number of hydrogen-bond donors (Lipinski definition) is 1. The summed E-state index contributed by atoms with van der Waals surface area (Å²) in [6, 6.07) is 7.94. The van der Waals surface area contributed by atoms with Gasteiger partial charge in [-0.3, -0.25) is 4.79 Å². The first-order valence-corrected chi connectivity index (χ1v) is 5.87. The van der Waals surface area contributed by atoms with Crippen LogP contribution in [0.3, 0.4) is 0 Å². The number of hydrogen-bond acceptors (Lipinski definition) is 4. The summed E-state index contributed by atoms with van der Waals surface area (Å²) in [6.07, 6.45) is 3.62. The number of rotatable bonds is 3. The third-order valence-electron chi connectivity index (χ3n) is 2.81. The SMILES string of the molecule is O=C(O)c1ccc(=O)n(Cc2cn3ccccc3n2)n1. The van der Waals surface area contributed by atoms with E-state index in [4.69, 9.17) is 5.11 Å². The number of aromatic nitrogens is 4. The summed E-state index contributed by atoms with van der Waals surface area (Å²) >= 11 is 0. The lowest BCUT2D eigenvalue weighted by Crippen LogP contribution is -2.25. The van der Waals surface area contributed by atoms with Crippen molar-refractivity contribution in [3.63, 3.8) is 0 Å². The van der Waals surface area contributed by atoms with Crippen LogP contribution in [0.4, 0.5) is 0 Å². The molecule has 0 fully saturated rings. The van der Waals surface area contributed by atoms with Gasteiger partial charge in [-0.1, -0.05) is 6.07 Å². The maximum atomic E-state index is 11.7. The third-order valence-corrected chi connectivity index (χ3v) is 2.81. The van der Waals surface area contributed by atoms with Crippen LogP contribution in [-0.2, 0) is 6.54 Å². The van der Waals surface area contributed by atoms with E-state index in [-0.39, 0.29) is 17.8 Å². The molecule has 1 N–H and O–H groups in total. The van der Waals surface area contributed by atoms with E-state index in [0.717, 1.165) is 10.3 Å². The molecule has 20 heavy (non-hydrogen) atoms. The largest absolute Gasteiger partial charge is 0.476 e. The molecule has 0 amide bonds. The van der Waals surface area contributed by atoms with Gasteiger partial charge in [-0.05, 0) is 18.2 Å². The zero-order chi connectivity index (χ0) is 14.1. The van der Waals surface area contributed by atoms with Crippen molar-refractivity contribution < 1.29 is 9.90 Å². The van der Waals surface area contributed by atoms with E-state index < -0.39 is 5.97 Å². The van der Waals surface area contributed by atoms with Crippen LogP contribution in [-0.4, -0.2) is 30.2 Å². The van der Waals surface area contributed by atoms with Crippen LogP contribution < -0.4 is 5.56 Å². The van der Waals surface area contributed by atoms with Crippen molar-refractivity contribution in [1.82, 2.24) is 19.2 Å². The highest BCUT2D eigenvalue weighted by Crippen LogP contribution is 2.05. The van der Waals surface area contributed by atoms with Crippen molar-refractivity contribution in [3.05, 3.63) is 64.5 Å². The molecule has 0 radical (unpaired) electrons. The normalized spacial score (nSPS) is 10.8. The molecule has 0 bridgehead atoms. The smallest absolute Gasteiger partial charge is 0.356 e. The monoisotopic (exact) mass is 270 g/mol. The summed E-state index contributed by atoms with van der Waals surface area (Å²) < 4.78 is 2.91. The number of fused-ring (bicyclic) bond motifs is 1. The Kier molecular flexibility index (Phi) is 2.79. The fraction of sp³-hybridized carbons (Fsp3) is 0.0769. The van der Waals surface area contributed by atoms with Gasteiger partial charge in [0.15, 0.2) is 5.69 Å². The average molecular weight is 270 g/mol. The van der Waals surface area contributed by atoms with Gasteiger partial charge in [0, 0.05) is 18.5 Å². The maximum absolute atomic E-state index is 11.7. The summed E-state index contributed by atoms with van der Waals surface area (Å²) in [7, 11) is 0. The second kappa shape index (κ2) is 4.61. The Morgan fingerprint density at radius 1 is 1.25 bits per heavy atom. The molecule has 7 nitrogen and oxygen atoms in total. The van der Waals surface area contributed by atoms with Crippen molar-refractivity contribution >= 4 is 11.6 Å². The van der Waals surface area contributed by atoms with Gasteiger partial charge in [0.2, 0.25) is 0 Å². The molecule has 0 aliphatic heterocycles. The minimum atomic E-state index is -1.17. The zero-order valence-corrected chi connectivity index (χ0v) is 10.3. The Labute approximate surface area is 112 Å². The molecule has 0 saturated carbocycles. The van der Waals surface area contributed by atoms with E-state index in [1.54, 1.807) is 6.20 Å². The Morgan fingerprint density at radius 3 is 2.85 bits per heavy atom. The first-order valence-electron chi connectivity index (χ1n) is 5.87. The molecule has 0 atom stereocenters. The van der Waals surface area contributed by atoms with Gasteiger partial charge in [-0.15, -0.1) is 0 Å². The second-order valence-corrected chi connectivity index (χ2v) is 4.22. The van der Waals surface area contributed by atoms with E-state index in [9.17, 15) is 9.59 Å². The second-order valence-electron chi connectivity index (χ2n) is 4.22. The summed E-state index contributed by atoms with van der Waals surface area (Å²) in [6.45, 7) is 0.127. The summed E-state index contributed by atoms with van der Waals surface area (Å²) in [4.78, 5) is 26.9. The summed E-state index contributed by atoms with van der Waals surface area (Å²) in [5, 5.41) is 12.7. The van der Waals surface area contributed by atoms with Crippen LogP contribution in [0.15, 0.2) is 47.5 Å².